The summed E-state index contributed by atoms with van der Waals surface area (Å²) in [5.41, 5.74) is 0.686. The lowest BCUT2D eigenvalue weighted by atomic mass is 10.2. The Bertz CT molecular complexity index is 432. The standard InChI is InChI=1S/C15H23NO4/c1-4-8-19-13-6-5-12(11-17)14(10-13)20-9-7-15(18)16(2)3/h5-6,10,17H,4,7-9,11H2,1-3H3. The zero-order valence-electron chi connectivity index (χ0n) is 12.4. The maximum absolute atomic E-state index is 11.5. The van der Waals surface area contributed by atoms with Gasteiger partial charge in [-0.25, -0.2) is 0 Å². The molecule has 0 radical (unpaired) electrons. The number of amides is 1. The fourth-order valence-electron chi connectivity index (χ4n) is 1.58. The van der Waals surface area contributed by atoms with E-state index in [4.69, 9.17) is 9.47 Å². The van der Waals surface area contributed by atoms with Crippen molar-refractivity contribution in [3.8, 4) is 11.5 Å². The quantitative estimate of drug-likeness (QED) is 0.789. The van der Waals surface area contributed by atoms with Gasteiger partial charge in [-0.15, -0.1) is 0 Å². The third-order valence-corrected chi connectivity index (χ3v) is 2.75. The molecule has 0 aromatic heterocycles. The molecule has 1 rings (SSSR count). The molecule has 20 heavy (non-hydrogen) atoms. The van der Waals surface area contributed by atoms with Crippen LogP contribution in [0.3, 0.4) is 0 Å². The second-order valence-corrected chi connectivity index (χ2v) is 4.66. The van der Waals surface area contributed by atoms with Crippen molar-refractivity contribution in [3.05, 3.63) is 23.8 Å². The van der Waals surface area contributed by atoms with E-state index in [1.807, 2.05) is 6.92 Å². The molecule has 112 valence electrons. The Morgan fingerprint density at radius 3 is 2.60 bits per heavy atom. The van der Waals surface area contributed by atoms with Crippen LogP contribution in [-0.4, -0.2) is 43.2 Å². The van der Waals surface area contributed by atoms with E-state index in [2.05, 4.69) is 0 Å². The first-order valence-corrected chi connectivity index (χ1v) is 6.78. The van der Waals surface area contributed by atoms with Gasteiger partial charge in [0.15, 0.2) is 0 Å². The Balaban J connectivity index is 2.63. The Labute approximate surface area is 120 Å². The highest BCUT2D eigenvalue weighted by atomic mass is 16.5. The number of benzene rings is 1. The van der Waals surface area contributed by atoms with Gasteiger partial charge in [0.1, 0.15) is 11.5 Å². The molecule has 5 nitrogen and oxygen atoms in total. The summed E-state index contributed by atoms with van der Waals surface area (Å²) >= 11 is 0. The summed E-state index contributed by atoms with van der Waals surface area (Å²) in [5.74, 6) is 1.28. The van der Waals surface area contributed by atoms with Gasteiger partial charge in [0.25, 0.3) is 0 Å². The fourth-order valence-corrected chi connectivity index (χ4v) is 1.58. The van der Waals surface area contributed by atoms with E-state index in [0.29, 0.717) is 30.1 Å². The van der Waals surface area contributed by atoms with Crippen LogP contribution >= 0.6 is 0 Å². The molecule has 0 fully saturated rings. The molecule has 0 unspecified atom stereocenters. The summed E-state index contributed by atoms with van der Waals surface area (Å²) in [5, 5.41) is 9.29. The van der Waals surface area contributed by atoms with Gasteiger partial charge in [-0.05, 0) is 18.6 Å². The van der Waals surface area contributed by atoms with Crippen LogP contribution in [0.25, 0.3) is 0 Å². The molecule has 0 heterocycles. The van der Waals surface area contributed by atoms with Crippen LogP contribution in [0.15, 0.2) is 18.2 Å². The summed E-state index contributed by atoms with van der Waals surface area (Å²) in [6.07, 6.45) is 1.23. The van der Waals surface area contributed by atoms with Crippen LogP contribution < -0.4 is 9.47 Å². The lowest BCUT2D eigenvalue weighted by Gasteiger charge is -2.14. The van der Waals surface area contributed by atoms with Crippen molar-refractivity contribution in [2.45, 2.75) is 26.4 Å². The molecular weight excluding hydrogens is 258 g/mol. The molecule has 1 aromatic carbocycles. The second kappa shape index (κ2) is 8.43. The molecule has 0 aliphatic carbocycles. The van der Waals surface area contributed by atoms with E-state index < -0.39 is 0 Å². The third kappa shape index (κ3) is 5.09. The van der Waals surface area contributed by atoms with Crippen molar-refractivity contribution in [2.24, 2.45) is 0 Å². The minimum absolute atomic E-state index is 0.00827. The molecule has 0 bridgehead atoms. The van der Waals surface area contributed by atoms with Crippen LogP contribution in [0.2, 0.25) is 0 Å². The largest absolute Gasteiger partial charge is 0.493 e. The van der Waals surface area contributed by atoms with Crippen molar-refractivity contribution < 1.29 is 19.4 Å². The van der Waals surface area contributed by atoms with Crippen molar-refractivity contribution >= 4 is 5.91 Å². The summed E-state index contributed by atoms with van der Waals surface area (Å²) in [6, 6.07) is 5.33. The predicted octanol–water partition coefficient (Wildman–Crippen LogP) is 1.82. The maximum atomic E-state index is 11.5. The molecule has 0 saturated carbocycles. The highest BCUT2D eigenvalue weighted by molar-refractivity contribution is 5.75. The number of carbonyl (C=O) groups is 1. The molecule has 0 spiro atoms. The van der Waals surface area contributed by atoms with Crippen LogP contribution in [0.4, 0.5) is 0 Å². The van der Waals surface area contributed by atoms with Gasteiger partial charge in [0.2, 0.25) is 5.91 Å². The Morgan fingerprint density at radius 2 is 2.00 bits per heavy atom. The third-order valence-electron chi connectivity index (χ3n) is 2.75. The van der Waals surface area contributed by atoms with Crippen LogP contribution in [0.1, 0.15) is 25.3 Å². The first-order chi connectivity index (χ1) is 9.58. The molecule has 1 N–H and O–H groups in total. The number of hydrogen-bond acceptors (Lipinski definition) is 4. The first kappa shape index (κ1) is 16.3. The zero-order chi connectivity index (χ0) is 15.0. The number of aliphatic hydroxyl groups excluding tert-OH is 1. The topological polar surface area (TPSA) is 59.0 Å². The number of ether oxygens (including phenoxy) is 2. The number of aliphatic hydroxyl groups is 1. The SMILES string of the molecule is CCCOc1ccc(CO)c(OCCC(=O)N(C)C)c1. The average molecular weight is 281 g/mol. The molecule has 0 atom stereocenters. The molecule has 1 amide bonds. The number of carbonyl (C=O) groups excluding carboxylic acids is 1. The van der Waals surface area contributed by atoms with E-state index >= 15 is 0 Å². The highest BCUT2D eigenvalue weighted by Gasteiger charge is 2.08. The first-order valence-electron chi connectivity index (χ1n) is 6.78. The van der Waals surface area contributed by atoms with Gasteiger partial charge in [0, 0.05) is 25.7 Å². The van der Waals surface area contributed by atoms with Gasteiger partial charge >= 0.3 is 0 Å². The predicted molar refractivity (Wildman–Crippen MR) is 77.0 cm³/mol. The lowest BCUT2D eigenvalue weighted by molar-refractivity contribution is -0.129. The van der Waals surface area contributed by atoms with E-state index in [1.54, 1.807) is 32.3 Å². The molecule has 1 aromatic rings. The Kier molecular flexibility index (Phi) is 6.87. The summed E-state index contributed by atoms with van der Waals surface area (Å²) in [6.45, 7) is 2.84. The fraction of sp³-hybridized carbons (Fsp3) is 0.533. The van der Waals surface area contributed by atoms with Crippen LogP contribution in [0, 0.1) is 0 Å². The van der Waals surface area contributed by atoms with Gasteiger partial charge < -0.3 is 19.5 Å². The lowest BCUT2D eigenvalue weighted by Crippen LogP contribution is -2.23. The number of rotatable bonds is 8. The van der Waals surface area contributed by atoms with Gasteiger partial charge in [-0.1, -0.05) is 6.92 Å². The van der Waals surface area contributed by atoms with Crippen molar-refractivity contribution in [2.75, 3.05) is 27.3 Å². The van der Waals surface area contributed by atoms with E-state index in [1.165, 1.54) is 4.90 Å². The van der Waals surface area contributed by atoms with Crippen molar-refractivity contribution in [1.29, 1.82) is 0 Å². The second-order valence-electron chi connectivity index (χ2n) is 4.66. The van der Waals surface area contributed by atoms with Gasteiger partial charge in [0.05, 0.1) is 26.2 Å². The summed E-state index contributed by atoms with van der Waals surface area (Å²) < 4.78 is 11.1. The Morgan fingerprint density at radius 1 is 1.25 bits per heavy atom. The average Bonchev–Trinajstić information content (AvgIpc) is 2.45. The molecule has 0 saturated heterocycles. The monoisotopic (exact) mass is 281 g/mol. The number of hydrogen-bond donors (Lipinski definition) is 1. The smallest absolute Gasteiger partial charge is 0.225 e. The molecular formula is C15H23NO4. The van der Waals surface area contributed by atoms with E-state index in [-0.39, 0.29) is 19.1 Å². The highest BCUT2D eigenvalue weighted by Crippen LogP contribution is 2.25. The van der Waals surface area contributed by atoms with Gasteiger partial charge in [-0.3, -0.25) is 4.79 Å². The van der Waals surface area contributed by atoms with Crippen LogP contribution in [0.5, 0.6) is 11.5 Å². The zero-order valence-corrected chi connectivity index (χ0v) is 12.4. The van der Waals surface area contributed by atoms with Gasteiger partial charge in [-0.2, -0.15) is 0 Å². The maximum Gasteiger partial charge on any atom is 0.225 e. The van der Waals surface area contributed by atoms with E-state index in [9.17, 15) is 9.90 Å². The normalized spacial score (nSPS) is 10.2. The summed E-state index contributed by atoms with van der Waals surface area (Å²) in [4.78, 5) is 13.0. The van der Waals surface area contributed by atoms with Crippen LogP contribution in [-0.2, 0) is 11.4 Å². The minimum atomic E-state index is -0.106. The van der Waals surface area contributed by atoms with Crippen molar-refractivity contribution in [3.63, 3.8) is 0 Å². The Hall–Kier alpha value is -1.75. The van der Waals surface area contributed by atoms with E-state index in [0.717, 1.165) is 6.42 Å². The van der Waals surface area contributed by atoms with Crippen molar-refractivity contribution in [1.82, 2.24) is 4.90 Å². The summed E-state index contributed by atoms with van der Waals surface area (Å²) in [7, 11) is 3.42. The molecule has 0 aliphatic rings. The number of nitrogens with zero attached hydrogens (tertiary/aromatic N) is 1. The molecule has 5 heteroatoms. The molecule has 0 aliphatic heterocycles. The minimum Gasteiger partial charge on any atom is -0.493 e.